The average molecular weight is 509 g/mol. The van der Waals surface area contributed by atoms with Crippen LogP contribution in [0.4, 0.5) is 5.69 Å². The van der Waals surface area contributed by atoms with Crippen LogP contribution in [0.25, 0.3) is 16.5 Å². The SMILES string of the molecule is Cc1cc(-n2c(O)c(C=NC(=S)Nc3cccc4ccccc34)c(=O)[nH]c2=O)ccc1Br. The highest BCUT2D eigenvalue weighted by molar-refractivity contribution is 9.10. The first-order valence-electron chi connectivity index (χ1n) is 9.53. The number of aromatic hydroxyl groups is 1. The number of aliphatic imine (C=N–C) groups is 1. The van der Waals surface area contributed by atoms with Crippen LogP contribution in [0.5, 0.6) is 5.88 Å². The Labute approximate surface area is 196 Å². The second kappa shape index (κ2) is 8.89. The number of benzene rings is 3. The van der Waals surface area contributed by atoms with Gasteiger partial charge in [0.2, 0.25) is 5.88 Å². The molecular weight excluding hydrogens is 492 g/mol. The van der Waals surface area contributed by atoms with Crippen molar-refractivity contribution < 1.29 is 5.11 Å². The number of nitrogens with one attached hydrogen (secondary N) is 2. The van der Waals surface area contributed by atoms with Crippen LogP contribution in [-0.4, -0.2) is 26.0 Å². The topological polar surface area (TPSA) is 99.5 Å². The number of hydrogen-bond donors (Lipinski definition) is 3. The van der Waals surface area contributed by atoms with E-state index >= 15 is 0 Å². The van der Waals surface area contributed by atoms with E-state index < -0.39 is 17.1 Å². The Morgan fingerprint density at radius 1 is 1.16 bits per heavy atom. The van der Waals surface area contributed by atoms with E-state index in [4.69, 9.17) is 12.2 Å². The van der Waals surface area contributed by atoms with Crippen molar-refractivity contribution in [3.8, 4) is 11.6 Å². The highest BCUT2D eigenvalue weighted by atomic mass is 79.9. The molecule has 0 aliphatic carbocycles. The molecule has 0 spiro atoms. The molecule has 0 aliphatic rings. The summed E-state index contributed by atoms with van der Waals surface area (Å²) in [7, 11) is 0. The van der Waals surface area contributed by atoms with E-state index in [2.05, 4.69) is 31.2 Å². The standard InChI is InChI=1S/C23H17BrN4O3S/c1-13-11-15(9-10-18(13)24)28-21(30)17(20(29)27-23(28)31)12-25-22(32)26-19-8-4-6-14-5-2-3-7-16(14)19/h2-12,30H,1H3,(H,26,32)(H,27,29,31). The van der Waals surface area contributed by atoms with Crippen LogP contribution in [0.3, 0.4) is 0 Å². The number of thiocarbonyl (C=S) groups is 1. The highest BCUT2D eigenvalue weighted by Gasteiger charge is 2.15. The molecule has 0 amide bonds. The van der Waals surface area contributed by atoms with Gasteiger partial charge in [0.25, 0.3) is 5.56 Å². The van der Waals surface area contributed by atoms with Crippen LogP contribution in [0.15, 0.2) is 79.7 Å². The molecule has 0 radical (unpaired) electrons. The molecule has 4 aromatic rings. The normalized spacial score (nSPS) is 11.2. The van der Waals surface area contributed by atoms with Gasteiger partial charge in [0.15, 0.2) is 5.11 Å². The zero-order valence-corrected chi connectivity index (χ0v) is 19.2. The van der Waals surface area contributed by atoms with Gasteiger partial charge in [-0.25, -0.2) is 14.4 Å². The number of rotatable bonds is 3. The van der Waals surface area contributed by atoms with Crippen molar-refractivity contribution in [2.24, 2.45) is 4.99 Å². The fourth-order valence-electron chi connectivity index (χ4n) is 3.27. The van der Waals surface area contributed by atoms with Gasteiger partial charge < -0.3 is 10.4 Å². The second-order valence-electron chi connectivity index (χ2n) is 6.98. The van der Waals surface area contributed by atoms with Crippen molar-refractivity contribution >= 4 is 55.9 Å². The molecule has 160 valence electrons. The van der Waals surface area contributed by atoms with E-state index in [1.807, 2.05) is 49.4 Å². The molecule has 0 saturated carbocycles. The van der Waals surface area contributed by atoms with Crippen molar-refractivity contribution in [2.45, 2.75) is 6.92 Å². The quantitative estimate of drug-likeness (QED) is 0.283. The molecule has 0 aliphatic heterocycles. The van der Waals surface area contributed by atoms with E-state index in [0.29, 0.717) is 5.69 Å². The summed E-state index contributed by atoms with van der Waals surface area (Å²) in [5.74, 6) is -0.530. The molecule has 3 N–H and O–H groups in total. The maximum Gasteiger partial charge on any atom is 0.335 e. The number of halogens is 1. The van der Waals surface area contributed by atoms with E-state index in [-0.39, 0.29) is 10.7 Å². The van der Waals surface area contributed by atoms with Gasteiger partial charge in [0, 0.05) is 21.8 Å². The van der Waals surface area contributed by atoms with E-state index in [1.165, 1.54) is 0 Å². The summed E-state index contributed by atoms with van der Waals surface area (Å²) < 4.78 is 1.86. The lowest BCUT2D eigenvalue weighted by atomic mass is 10.1. The third-order valence-electron chi connectivity index (χ3n) is 4.86. The van der Waals surface area contributed by atoms with E-state index in [9.17, 15) is 14.7 Å². The van der Waals surface area contributed by atoms with Gasteiger partial charge in [-0.3, -0.25) is 9.78 Å². The number of hydrogen-bond acceptors (Lipinski definition) is 4. The summed E-state index contributed by atoms with van der Waals surface area (Å²) in [6, 6.07) is 18.6. The zero-order chi connectivity index (χ0) is 22.8. The highest BCUT2D eigenvalue weighted by Crippen LogP contribution is 2.24. The predicted molar refractivity (Wildman–Crippen MR) is 135 cm³/mol. The maximum atomic E-state index is 12.4. The van der Waals surface area contributed by atoms with Gasteiger partial charge in [-0.1, -0.05) is 52.3 Å². The lowest BCUT2D eigenvalue weighted by molar-refractivity contribution is 0.430. The third kappa shape index (κ3) is 4.25. The largest absolute Gasteiger partial charge is 0.493 e. The molecule has 0 unspecified atom stereocenters. The van der Waals surface area contributed by atoms with Gasteiger partial charge >= 0.3 is 5.69 Å². The lowest BCUT2D eigenvalue weighted by Gasteiger charge is -2.11. The Morgan fingerprint density at radius 3 is 2.69 bits per heavy atom. The van der Waals surface area contributed by atoms with Crippen molar-refractivity contribution in [2.75, 3.05) is 5.32 Å². The molecule has 1 aromatic heterocycles. The number of nitrogens with zero attached hydrogens (tertiary/aromatic N) is 2. The molecule has 1 heterocycles. The predicted octanol–water partition coefficient (Wildman–Crippen LogP) is 4.27. The minimum absolute atomic E-state index is 0.0948. The van der Waals surface area contributed by atoms with Crippen LogP contribution < -0.4 is 16.6 Å². The average Bonchev–Trinajstić information content (AvgIpc) is 2.76. The molecule has 7 nitrogen and oxygen atoms in total. The van der Waals surface area contributed by atoms with Gasteiger partial charge in [-0.05, 0) is 54.4 Å². The first kappa shape index (κ1) is 21.7. The molecule has 0 bridgehead atoms. The summed E-state index contributed by atoms with van der Waals surface area (Å²) in [4.78, 5) is 31.0. The number of anilines is 1. The number of aryl methyl sites for hydroxylation is 1. The van der Waals surface area contributed by atoms with Crippen molar-refractivity contribution in [1.82, 2.24) is 9.55 Å². The van der Waals surface area contributed by atoms with Crippen LogP contribution in [0.1, 0.15) is 11.1 Å². The van der Waals surface area contributed by atoms with Crippen LogP contribution >= 0.6 is 28.1 Å². The Balaban J connectivity index is 1.68. The number of aromatic amines is 1. The minimum atomic E-state index is -0.769. The van der Waals surface area contributed by atoms with Crippen LogP contribution in [0.2, 0.25) is 0 Å². The van der Waals surface area contributed by atoms with E-state index in [0.717, 1.165) is 37.3 Å². The fourth-order valence-corrected chi connectivity index (χ4v) is 3.68. The molecule has 0 fully saturated rings. The fraction of sp³-hybridized carbons (Fsp3) is 0.0435. The number of fused-ring (bicyclic) bond motifs is 1. The van der Waals surface area contributed by atoms with Crippen LogP contribution in [0, 0.1) is 6.92 Å². The summed E-state index contributed by atoms with van der Waals surface area (Å²) in [6.45, 7) is 1.85. The Morgan fingerprint density at radius 2 is 1.91 bits per heavy atom. The Bertz CT molecular complexity index is 1500. The summed E-state index contributed by atoms with van der Waals surface area (Å²) >= 11 is 8.69. The second-order valence-corrected chi connectivity index (χ2v) is 8.22. The monoisotopic (exact) mass is 508 g/mol. The van der Waals surface area contributed by atoms with Crippen molar-refractivity contribution in [3.05, 3.63) is 97.1 Å². The van der Waals surface area contributed by atoms with Gasteiger partial charge in [0.05, 0.1) is 5.69 Å². The summed E-state index contributed by atoms with van der Waals surface area (Å²) in [6.07, 6.45) is 1.14. The molecule has 0 saturated heterocycles. The Hall–Kier alpha value is -3.56. The molecule has 32 heavy (non-hydrogen) atoms. The van der Waals surface area contributed by atoms with Gasteiger partial charge in [-0.15, -0.1) is 0 Å². The number of aromatic nitrogens is 2. The van der Waals surface area contributed by atoms with Crippen LogP contribution in [-0.2, 0) is 0 Å². The molecular formula is C23H17BrN4O3S. The molecule has 4 rings (SSSR count). The van der Waals surface area contributed by atoms with E-state index in [1.54, 1.807) is 18.2 Å². The lowest BCUT2D eigenvalue weighted by Crippen LogP contribution is -2.31. The zero-order valence-electron chi connectivity index (χ0n) is 16.8. The van der Waals surface area contributed by atoms with Crippen molar-refractivity contribution in [1.29, 1.82) is 0 Å². The first-order valence-corrected chi connectivity index (χ1v) is 10.7. The molecule has 3 aromatic carbocycles. The summed E-state index contributed by atoms with van der Waals surface area (Å²) in [5.41, 5.74) is 0.300. The molecule has 9 heteroatoms. The maximum absolute atomic E-state index is 12.4. The smallest absolute Gasteiger partial charge is 0.335 e. The Kier molecular flexibility index (Phi) is 6.02. The van der Waals surface area contributed by atoms with Gasteiger partial charge in [0.1, 0.15) is 5.56 Å². The minimum Gasteiger partial charge on any atom is -0.493 e. The van der Waals surface area contributed by atoms with Crippen molar-refractivity contribution in [3.63, 3.8) is 0 Å². The third-order valence-corrected chi connectivity index (χ3v) is 5.96. The molecule has 0 atom stereocenters. The summed E-state index contributed by atoms with van der Waals surface area (Å²) in [5, 5.41) is 15.8. The number of H-pyrrole nitrogens is 1. The first-order chi connectivity index (χ1) is 15.3. The van der Waals surface area contributed by atoms with Gasteiger partial charge in [-0.2, -0.15) is 0 Å².